The van der Waals surface area contributed by atoms with Gasteiger partial charge in [-0.1, -0.05) is 0 Å². The van der Waals surface area contributed by atoms with E-state index in [0.29, 0.717) is 0 Å². The number of nitrogens with one attached hydrogen (secondary N) is 1. The van der Waals surface area contributed by atoms with E-state index >= 15 is 0 Å². The molecule has 0 saturated carbocycles. The molecule has 0 bridgehead atoms. The summed E-state index contributed by atoms with van der Waals surface area (Å²) in [5.74, 6) is -1.13. The molecule has 1 atom stereocenters. The van der Waals surface area contributed by atoms with Crippen LogP contribution in [0.5, 0.6) is 0 Å². The molecule has 18 heavy (non-hydrogen) atoms. The van der Waals surface area contributed by atoms with Crippen LogP contribution in [-0.4, -0.2) is 43.6 Å². The zero-order chi connectivity index (χ0) is 14.8. The highest BCUT2D eigenvalue weighted by atomic mass is 19.4. The van der Waals surface area contributed by atoms with Gasteiger partial charge in [0, 0.05) is 0 Å². The van der Waals surface area contributed by atoms with Gasteiger partial charge in [-0.3, -0.25) is 4.79 Å². The van der Waals surface area contributed by atoms with Gasteiger partial charge in [-0.05, 0) is 14.0 Å². The molecule has 0 aromatic carbocycles. The van der Waals surface area contributed by atoms with Gasteiger partial charge in [0.15, 0.2) is 0 Å². The third-order valence-corrected chi connectivity index (χ3v) is 2.23. The van der Waals surface area contributed by atoms with E-state index in [9.17, 15) is 31.1 Å². The van der Waals surface area contributed by atoms with Gasteiger partial charge in [-0.25, -0.2) is 0 Å². The summed E-state index contributed by atoms with van der Waals surface area (Å²) in [7, 11) is 1.16. The van der Waals surface area contributed by atoms with Crippen LogP contribution in [-0.2, 0) is 9.53 Å². The van der Waals surface area contributed by atoms with Gasteiger partial charge in [0.1, 0.15) is 5.54 Å². The fourth-order valence-corrected chi connectivity index (χ4v) is 0.891. The lowest BCUT2D eigenvalue weighted by Gasteiger charge is -2.29. The number of carbonyl (C=O) groups is 1. The summed E-state index contributed by atoms with van der Waals surface area (Å²) in [5, 5.41) is 2.20. The minimum absolute atomic E-state index is 1.03. The molecule has 0 aliphatic rings. The van der Waals surface area contributed by atoms with Crippen molar-refractivity contribution >= 4 is 5.91 Å². The van der Waals surface area contributed by atoms with Gasteiger partial charge in [0.25, 0.3) is 0 Å². The van der Waals surface area contributed by atoms with Crippen molar-refractivity contribution < 1.29 is 35.9 Å². The van der Waals surface area contributed by atoms with Gasteiger partial charge in [0.2, 0.25) is 12.0 Å². The SMILES string of the molecule is CNC(C)(COC(C(F)(F)F)C(F)(F)F)C(N)=O. The van der Waals surface area contributed by atoms with Crippen LogP contribution >= 0.6 is 0 Å². The summed E-state index contributed by atoms with van der Waals surface area (Å²) >= 11 is 0. The van der Waals surface area contributed by atoms with E-state index < -0.39 is 36.5 Å². The van der Waals surface area contributed by atoms with Crippen molar-refractivity contribution in [1.29, 1.82) is 0 Å². The Morgan fingerprint density at radius 1 is 1.22 bits per heavy atom. The van der Waals surface area contributed by atoms with Crippen molar-refractivity contribution in [2.45, 2.75) is 30.9 Å². The third kappa shape index (κ3) is 4.33. The summed E-state index contributed by atoms with van der Waals surface area (Å²) in [5.41, 5.74) is 3.02. The van der Waals surface area contributed by atoms with Crippen LogP contribution in [0.4, 0.5) is 26.3 Å². The maximum absolute atomic E-state index is 12.1. The molecular formula is C8H12F6N2O2. The number of ether oxygens (including phenoxy) is 1. The first kappa shape index (κ1) is 17.0. The molecule has 0 heterocycles. The molecule has 1 amide bonds. The van der Waals surface area contributed by atoms with Crippen molar-refractivity contribution in [2.75, 3.05) is 13.7 Å². The number of nitrogens with two attached hydrogens (primary N) is 1. The molecule has 0 saturated heterocycles. The quantitative estimate of drug-likeness (QED) is 0.738. The lowest BCUT2D eigenvalue weighted by Crippen LogP contribution is -2.57. The molecule has 0 rings (SSSR count). The zero-order valence-electron chi connectivity index (χ0n) is 9.45. The van der Waals surface area contributed by atoms with Gasteiger partial charge >= 0.3 is 12.4 Å². The first-order chi connectivity index (χ1) is 7.84. The number of alkyl halides is 6. The van der Waals surface area contributed by atoms with Gasteiger partial charge in [-0.2, -0.15) is 26.3 Å². The van der Waals surface area contributed by atoms with Crippen LogP contribution in [0.25, 0.3) is 0 Å². The normalized spacial score (nSPS) is 16.7. The van der Waals surface area contributed by atoms with E-state index in [2.05, 4.69) is 10.1 Å². The molecule has 0 aliphatic heterocycles. The minimum Gasteiger partial charge on any atom is -0.368 e. The third-order valence-electron chi connectivity index (χ3n) is 2.23. The van der Waals surface area contributed by atoms with Gasteiger partial charge in [0.05, 0.1) is 6.61 Å². The second kappa shape index (κ2) is 5.31. The number of halogens is 6. The lowest BCUT2D eigenvalue weighted by atomic mass is 10.0. The van der Waals surface area contributed by atoms with E-state index in [4.69, 9.17) is 5.73 Å². The largest absolute Gasteiger partial charge is 0.423 e. The molecule has 0 aromatic heterocycles. The van der Waals surface area contributed by atoms with Crippen molar-refractivity contribution in [3.05, 3.63) is 0 Å². The van der Waals surface area contributed by atoms with E-state index in [1.54, 1.807) is 0 Å². The van der Waals surface area contributed by atoms with E-state index in [1.165, 1.54) is 0 Å². The summed E-state index contributed by atoms with van der Waals surface area (Å²) in [6.07, 6.45) is -15.2. The number of primary amides is 1. The number of carbonyl (C=O) groups excluding carboxylic acids is 1. The highest BCUT2D eigenvalue weighted by Gasteiger charge is 2.58. The Morgan fingerprint density at radius 3 is 1.83 bits per heavy atom. The fourth-order valence-electron chi connectivity index (χ4n) is 0.891. The smallest absolute Gasteiger partial charge is 0.368 e. The van der Waals surface area contributed by atoms with Crippen molar-refractivity contribution in [3.63, 3.8) is 0 Å². The maximum Gasteiger partial charge on any atom is 0.423 e. The number of rotatable bonds is 5. The average Bonchev–Trinajstić information content (AvgIpc) is 2.12. The minimum atomic E-state index is -5.62. The Labute approximate surface area is 98.5 Å². The molecule has 0 fully saturated rings. The van der Waals surface area contributed by atoms with Crippen molar-refractivity contribution in [2.24, 2.45) is 5.73 Å². The summed E-state index contributed by atoms with van der Waals surface area (Å²) in [6, 6.07) is 0. The van der Waals surface area contributed by atoms with Crippen LogP contribution in [0.15, 0.2) is 0 Å². The second-order valence-electron chi connectivity index (χ2n) is 3.72. The Bertz CT molecular complexity index is 289. The van der Waals surface area contributed by atoms with Crippen LogP contribution in [0.1, 0.15) is 6.92 Å². The van der Waals surface area contributed by atoms with Crippen molar-refractivity contribution in [1.82, 2.24) is 5.32 Å². The number of amides is 1. The highest BCUT2D eigenvalue weighted by molar-refractivity contribution is 5.84. The number of likely N-dealkylation sites (N-methyl/N-ethyl adjacent to an activating group) is 1. The maximum atomic E-state index is 12.1. The van der Waals surface area contributed by atoms with E-state index in [-0.39, 0.29) is 0 Å². The molecule has 108 valence electrons. The van der Waals surface area contributed by atoms with Gasteiger partial charge in [-0.15, -0.1) is 0 Å². The molecule has 0 aliphatic carbocycles. The van der Waals surface area contributed by atoms with E-state index in [1.807, 2.05) is 0 Å². The monoisotopic (exact) mass is 282 g/mol. The lowest BCUT2D eigenvalue weighted by molar-refractivity contribution is -0.323. The first-order valence-corrected chi connectivity index (χ1v) is 4.58. The Kier molecular flexibility index (Phi) is 5.00. The summed E-state index contributed by atoms with van der Waals surface area (Å²) < 4.78 is 76.5. The zero-order valence-corrected chi connectivity index (χ0v) is 9.45. The summed E-state index contributed by atoms with van der Waals surface area (Å²) in [4.78, 5) is 10.9. The fraction of sp³-hybridized carbons (Fsp3) is 0.875. The van der Waals surface area contributed by atoms with Crippen LogP contribution in [0, 0.1) is 0 Å². The summed E-state index contributed by atoms with van der Waals surface area (Å²) in [6.45, 7) is -0.137. The average molecular weight is 282 g/mol. The molecule has 0 spiro atoms. The molecule has 3 N–H and O–H groups in total. The Hall–Kier alpha value is -1.03. The predicted octanol–water partition coefficient (Wildman–Crippen LogP) is 0.960. The number of hydrogen-bond donors (Lipinski definition) is 2. The van der Waals surface area contributed by atoms with Crippen molar-refractivity contribution in [3.8, 4) is 0 Å². The predicted molar refractivity (Wildman–Crippen MR) is 48.5 cm³/mol. The van der Waals surface area contributed by atoms with Gasteiger partial charge < -0.3 is 15.8 Å². The number of hydrogen-bond acceptors (Lipinski definition) is 3. The van der Waals surface area contributed by atoms with Crippen LogP contribution in [0.2, 0.25) is 0 Å². The molecule has 1 unspecified atom stereocenters. The molecule has 0 radical (unpaired) electrons. The van der Waals surface area contributed by atoms with E-state index in [0.717, 1.165) is 14.0 Å². The molecule has 10 heteroatoms. The Morgan fingerprint density at radius 2 is 1.61 bits per heavy atom. The highest BCUT2D eigenvalue weighted by Crippen LogP contribution is 2.36. The van der Waals surface area contributed by atoms with Crippen LogP contribution in [0.3, 0.4) is 0 Å². The van der Waals surface area contributed by atoms with Crippen LogP contribution < -0.4 is 11.1 Å². The molecule has 4 nitrogen and oxygen atoms in total. The Balaban J connectivity index is 4.89. The molecule has 0 aromatic rings. The standard InChI is InChI=1S/C8H12F6N2O2/c1-6(16-2,5(15)17)3-18-4(7(9,10)11)8(12,13)14/h4,16H,3H2,1-2H3,(H2,15,17). The first-order valence-electron chi connectivity index (χ1n) is 4.58. The topological polar surface area (TPSA) is 64.3 Å². The second-order valence-corrected chi connectivity index (χ2v) is 3.72. The molecular weight excluding hydrogens is 270 g/mol.